The van der Waals surface area contributed by atoms with E-state index in [1.165, 1.54) is 19.3 Å². The van der Waals surface area contributed by atoms with Crippen molar-refractivity contribution >= 4 is 12.0 Å². The van der Waals surface area contributed by atoms with Crippen molar-refractivity contribution in [1.82, 2.24) is 15.1 Å². The standard InChI is InChI=1S/C27H30N4O2/c1-3-5-6-10-17-33-25-15-13-21(14-16-25)26-23(18-22(19-28)27(32)29-4-2)20-31(30-26)24-11-8-7-9-12-24/h7-9,11-16,18,20H,3-6,10,17H2,1-2H3,(H,29,32). The molecule has 1 heterocycles. The quantitative estimate of drug-likeness (QED) is 0.240. The molecule has 0 spiro atoms. The Morgan fingerprint density at radius 3 is 2.52 bits per heavy atom. The smallest absolute Gasteiger partial charge is 0.261 e. The van der Waals surface area contributed by atoms with Gasteiger partial charge < -0.3 is 10.1 Å². The van der Waals surface area contributed by atoms with Gasteiger partial charge >= 0.3 is 0 Å². The number of carbonyl (C=O) groups is 1. The number of ether oxygens (including phenoxy) is 1. The van der Waals surface area contributed by atoms with Gasteiger partial charge in [-0.15, -0.1) is 0 Å². The van der Waals surface area contributed by atoms with Crippen LogP contribution in [-0.2, 0) is 4.79 Å². The van der Waals surface area contributed by atoms with Crippen molar-refractivity contribution < 1.29 is 9.53 Å². The third kappa shape index (κ3) is 6.56. The number of nitrogens with one attached hydrogen (secondary N) is 1. The maximum Gasteiger partial charge on any atom is 0.261 e. The Hall–Kier alpha value is -3.85. The number of hydrogen-bond donors (Lipinski definition) is 1. The van der Waals surface area contributed by atoms with Gasteiger partial charge in [0, 0.05) is 23.9 Å². The number of unbranched alkanes of at least 4 members (excludes halogenated alkanes) is 3. The van der Waals surface area contributed by atoms with Crippen LogP contribution < -0.4 is 10.1 Å². The van der Waals surface area contributed by atoms with Gasteiger partial charge in [0.15, 0.2) is 0 Å². The topological polar surface area (TPSA) is 79.9 Å². The van der Waals surface area contributed by atoms with E-state index in [9.17, 15) is 10.1 Å². The molecule has 0 saturated heterocycles. The van der Waals surface area contributed by atoms with Crippen LogP contribution in [0.2, 0.25) is 0 Å². The van der Waals surface area contributed by atoms with Crippen molar-refractivity contribution in [2.45, 2.75) is 39.5 Å². The summed E-state index contributed by atoms with van der Waals surface area (Å²) in [6.45, 7) is 5.17. The number of carbonyl (C=O) groups excluding carboxylic acids is 1. The van der Waals surface area contributed by atoms with Gasteiger partial charge in [-0.25, -0.2) is 4.68 Å². The van der Waals surface area contributed by atoms with Gasteiger partial charge in [0.1, 0.15) is 17.4 Å². The van der Waals surface area contributed by atoms with Crippen LogP contribution >= 0.6 is 0 Å². The van der Waals surface area contributed by atoms with Gasteiger partial charge in [0.2, 0.25) is 0 Å². The Bertz CT molecular complexity index is 1110. The van der Waals surface area contributed by atoms with Gasteiger partial charge in [-0.3, -0.25) is 4.79 Å². The van der Waals surface area contributed by atoms with E-state index in [2.05, 4.69) is 12.2 Å². The lowest BCUT2D eigenvalue weighted by molar-refractivity contribution is -0.116. The molecule has 0 saturated carbocycles. The lowest BCUT2D eigenvalue weighted by Crippen LogP contribution is -2.23. The fraction of sp³-hybridized carbons (Fsp3) is 0.296. The molecule has 0 fully saturated rings. The predicted molar refractivity (Wildman–Crippen MR) is 131 cm³/mol. The maximum absolute atomic E-state index is 12.3. The molecule has 1 amide bonds. The number of likely N-dealkylation sites (N-methyl/N-ethyl adjacent to an activating group) is 1. The van der Waals surface area contributed by atoms with E-state index < -0.39 is 5.91 Å². The van der Waals surface area contributed by atoms with Crippen molar-refractivity contribution in [3.63, 3.8) is 0 Å². The van der Waals surface area contributed by atoms with Crippen molar-refractivity contribution in [3.05, 3.63) is 71.9 Å². The van der Waals surface area contributed by atoms with Crippen LogP contribution in [0.5, 0.6) is 5.75 Å². The van der Waals surface area contributed by atoms with Crippen molar-refractivity contribution in [3.8, 4) is 28.8 Å². The van der Waals surface area contributed by atoms with Crippen molar-refractivity contribution in [1.29, 1.82) is 5.26 Å². The number of nitriles is 1. The molecule has 0 aliphatic rings. The molecule has 6 nitrogen and oxygen atoms in total. The number of aromatic nitrogens is 2. The van der Waals surface area contributed by atoms with Crippen LogP contribution in [-0.4, -0.2) is 28.8 Å². The highest BCUT2D eigenvalue weighted by molar-refractivity contribution is 6.02. The zero-order chi connectivity index (χ0) is 23.5. The molecular weight excluding hydrogens is 412 g/mol. The van der Waals surface area contributed by atoms with Crippen molar-refractivity contribution in [2.24, 2.45) is 0 Å². The van der Waals surface area contributed by atoms with Crippen LogP contribution in [0.1, 0.15) is 45.1 Å². The van der Waals surface area contributed by atoms with Crippen LogP contribution in [0, 0.1) is 11.3 Å². The third-order valence-corrected chi connectivity index (χ3v) is 5.16. The molecule has 0 unspecified atom stereocenters. The Kier molecular flexibility index (Phi) is 8.84. The van der Waals surface area contributed by atoms with Crippen LogP contribution in [0.3, 0.4) is 0 Å². The zero-order valence-corrected chi connectivity index (χ0v) is 19.3. The summed E-state index contributed by atoms with van der Waals surface area (Å²) in [7, 11) is 0. The maximum atomic E-state index is 12.3. The van der Waals surface area contributed by atoms with E-state index in [4.69, 9.17) is 9.84 Å². The Morgan fingerprint density at radius 2 is 1.85 bits per heavy atom. The average Bonchev–Trinajstić information content (AvgIpc) is 3.27. The molecule has 170 valence electrons. The molecule has 0 radical (unpaired) electrons. The number of hydrogen-bond acceptors (Lipinski definition) is 4. The van der Waals surface area contributed by atoms with E-state index in [0.717, 1.165) is 23.4 Å². The molecule has 3 rings (SSSR count). The molecule has 3 aromatic rings. The third-order valence-electron chi connectivity index (χ3n) is 5.16. The van der Waals surface area contributed by atoms with Gasteiger partial charge in [0.25, 0.3) is 5.91 Å². The van der Waals surface area contributed by atoms with E-state index in [1.807, 2.05) is 73.8 Å². The minimum absolute atomic E-state index is 0.0396. The second kappa shape index (κ2) is 12.3. The van der Waals surface area contributed by atoms with Crippen LogP contribution in [0.25, 0.3) is 23.0 Å². The number of amides is 1. The summed E-state index contributed by atoms with van der Waals surface area (Å²) in [5.41, 5.74) is 3.18. The van der Waals surface area contributed by atoms with Crippen LogP contribution in [0.4, 0.5) is 0 Å². The fourth-order valence-electron chi connectivity index (χ4n) is 3.42. The Labute approximate surface area is 195 Å². The summed E-state index contributed by atoms with van der Waals surface area (Å²) in [4.78, 5) is 12.3. The molecule has 0 aliphatic carbocycles. The second-order valence-corrected chi connectivity index (χ2v) is 7.68. The average molecular weight is 443 g/mol. The summed E-state index contributed by atoms with van der Waals surface area (Å²) in [6.07, 6.45) is 8.07. The first kappa shape index (κ1) is 23.8. The van der Waals surface area contributed by atoms with Crippen molar-refractivity contribution in [2.75, 3.05) is 13.2 Å². The highest BCUT2D eigenvalue weighted by Gasteiger charge is 2.15. The van der Waals surface area contributed by atoms with E-state index in [0.29, 0.717) is 24.4 Å². The highest BCUT2D eigenvalue weighted by atomic mass is 16.5. The molecular formula is C27H30N4O2. The Morgan fingerprint density at radius 1 is 1.09 bits per heavy atom. The van der Waals surface area contributed by atoms with Gasteiger partial charge in [-0.1, -0.05) is 44.4 Å². The van der Waals surface area contributed by atoms with E-state index in [1.54, 1.807) is 10.8 Å². The molecule has 2 aromatic carbocycles. The largest absolute Gasteiger partial charge is 0.494 e. The second-order valence-electron chi connectivity index (χ2n) is 7.68. The molecule has 1 N–H and O–H groups in total. The first-order chi connectivity index (χ1) is 16.2. The summed E-state index contributed by atoms with van der Waals surface area (Å²) < 4.78 is 7.61. The summed E-state index contributed by atoms with van der Waals surface area (Å²) in [5.74, 6) is 0.417. The van der Waals surface area contributed by atoms with Gasteiger partial charge in [-0.05, 0) is 55.8 Å². The number of nitrogens with zero attached hydrogens (tertiary/aromatic N) is 3. The van der Waals surface area contributed by atoms with E-state index >= 15 is 0 Å². The minimum Gasteiger partial charge on any atom is -0.494 e. The number of rotatable bonds is 11. The number of benzene rings is 2. The Balaban J connectivity index is 1.90. The number of para-hydroxylation sites is 1. The summed E-state index contributed by atoms with van der Waals surface area (Å²) >= 11 is 0. The predicted octanol–water partition coefficient (Wildman–Crippen LogP) is 5.54. The molecule has 1 aromatic heterocycles. The molecule has 0 bridgehead atoms. The normalized spacial score (nSPS) is 11.1. The lowest BCUT2D eigenvalue weighted by atomic mass is 10.1. The molecule has 0 aliphatic heterocycles. The highest BCUT2D eigenvalue weighted by Crippen LogP contribution is 2.27. The van der Waals surface area contributed by atoms with Gasteiger partial charge in [0.05, 0.1) is 18.0 Å². The minimum atomic E-state index is -0.398. The first-order valence-corrected chi connectivity index (χ1v) is 11.4. The SMILES string of the molecule is CCCCCCOc1ccc(-c2nn(-c3ccccc3)cc2C=C(C#N)C(=O)NCC)cc1. The first-order valence-electron chi connectivity index (χ1n) is 11.4. The monoisotopic (exact) mass is 442 g/mol. The summed E-state index contributed by atoms with van der Waals surface area (Å²) in [5, 5.41) is 17.0. The molecule has 6 heteroatoms. The van der Waals surface area contributed by atoms with Crippen LogP contribution in [0.15, 0.2) is 66.4 Å². The van der Waals surface area contributed by atoms with E-state index in [-0.39, 0.29) is 5.57 Å². The summed E-state index contributed by atoms with van der Waals surface area (Å²) in [6, 6.07) is 19.5. The molecule has 0 atom stereocenters. The lowest BCUT2D eigenvalue weighted by Gasteiger charge is -2.07. The fourth-order valence-corrected chi connectivity index (χ4v) is 3.42. The zero-order valence-electron chi connectivity index (χ0n) is 19.3. The molecule has 33 heavy (non-hydrogen) atoms. The van der Waals surface area contributed by atoms with Gasteiger partial charge in [-0.2, -0.15) is 10.4 Å².